The molecule has 0 aliphatic rings. The van der Waals surface area contributed by atoms with Gasteiger partial charge in [-0.1, -0.05) is 19.1 Å². The van der Waals surface area contributed by atoms with Crippen LogP contribution in [0.5, 0.6) is 0 Å². The van der Waals surface area contributed by atoms with Crippen molar-refractivity contribution < 1.29 is 9.53 Å². The van der Waals surface area contributed by atoms with Crippen molar-refractivity contribution in [1.29, 1.82) is 0 Å². The van der Waals surface area contributed by atoms with Gasteiger partial charge in [0.2, 0.25) is 0 Å². The van der Waals surface area contributed by atoms with E-state index in [1.54, 1.807) is 0 Å². The molecule has 2 aromatic rings. The molecule has 0 saturated carbocycles. The van der Waals surface area contributed by atoms with Gasteiger partial charge >= 0.3 is 5.97 Å². The Labute approximate surface area is 119 Å². The number of carbonyl (C=O) groups excluding carboxylic acids is 1. The molecule has 4 heteroatoms. The van der Waals surface area contributed by atoms with Crippen LogP contribution in [0.15, 0.2) is 30.5 Å². The van der Waals surface area contributed by atoms with Gasteiger partial charge in [-0.3, -0.25) is 4.79 Å². The molecule has 0 radical (unpaired) electrons. The second-order valence-corrected chi connectivity index (χ2v) is 5.16. The summed E-state index contributed by atoms with van der Waals surface area (Å²) < 4.78 is 7.14. The fourth-order valence-corrected chi connectivity index (χ4v) is 2.19. The van der Waals surface area contributed by atoms with Gasteiger partial charge in [0.1, 0.15) is 6.54 Å². The average Bonchev–Trinajstić information content (AvgIpc) is 2.78. The van der Waals surface area contributed by atoms with Crippen molar-refractivity contribution in [3.63, 3.8) is 0 Å². The van der Waals surface area contributed by atoms with Crippen molar-refractivity contribution in [1.82, 2.24) is 9.88 Å². The van der Waals surface area contributed by atoms with Crippen molar-refractivity contribution in [2.75, 3.05) is 6.54 Å². The summed E-state index contributed by atoms with van der Waals surface area (Å²) in [4.78, 5) is 11.8. The average molecular weight is 274 g/mol. The molecule has 0 bridgehead atoms. The van der Waals surface area contributed by atoms with Gasteiger partial charge in [0.05, 0.1) is 6.10 Å². The fourth-order valence-electron chi connectivity index (χ4n) is 2.19. The minimum absolute atomic E-state index is 0.0753. The molecular weight excluding hydrogens is 252 g/mol. The number of nitrogens with one attached hydrogen (secondary N) is 1. The van der Waals surface area contributed by atoms with Gasteiger partial charge in [0.25, 0.3) is 0 Å². The minimum atomic E-state index is -0.199. The highest BCUT2D eigenvalue weighted by Crippen LogP contribution is 2.18. The lowest BCUT2D eigenvalue weighted by Gasteiger charge is -2.10. The van der Waals surface area contributed by atoms with Crippen LogP contribution < -0.4 is 5.32 Å². The number of carbonyl (C=O) groups is 1. The summed E-state index contributed by atoms with van der Waals surface area (Å²) in [5, 5.41) is 4.45. The lowest BCUT2D eigenvalue weighted by molar-refractivity contribution is -0.148. The molecule has 0 aliphatic heterocycles. The summed E-state index contributed by atoms with van der Waals surface area (Å²) in [5.41, 5.74) is 2.29. The molecule has 0 atom stereocenters. The number of hydrogen-bond donors (Lipinski definition) is 1. The third-order valence-corrected chi connectivity index (χ3v) is 3.08. The SMILES string of the molecule is CCNCc1ccc2ccn(CC(=O)OC(C)C)c2c1. The normalized spacial score (nSPS) is 11.2. The van der Waals surface area contributed by atoms with E-state index in [1.165, 1.54) is 5.56 Å². The van der Waals surface area contributed by atoms with Crippen molar-refractivity contribution in [3.05, 3.63) is 36.0 Å². The first-order valence-corrected chi connectivity index (χ1v) is 7.08. The zero-order chi connectivity index (χ0) is 14.5. The first-order chi connectivity index (χ1) is 9.60. The Hall–Kier alpha value is -1.81. The van der Waals surface area contributed by atoms with Crippen molar-refractivity contribution in [2.24, 2.45) is 0 Å². The molecule has 20 heavy (non-hydrogen) atoms. The summed E-state index contributed by atoms with van der Waals surface area (Å²) in [7, 11) is 0. The Morgan fingerprint density at radius 1 is 1.35 bits per heavy atom. The standard InChI is InChI=1S/C16H22N2O2/c1-4-17-10-13-5-6-14-7-8-18(15(14)9-13)11-16(19)20-12(2)3/h5-9,12,17H,4,10-11H2,1-3H3. The van der Waals surface area contributed by atoms with E-state index in [-0.39, 0.29) is 18.6 Å². The van der Waals surface area contributed by atoms with Crippen LogP contribution in [0, 0.1) is 0 Å². The largest absolute Gasteiger partial charge is 0.462 e. The number of benzene rings is 1. The highest BCUT2D eigenvalue weighted by atomic mass is 16.5. The van der Waals surface area contributed by atoms with Gasteiger partial charge < -0.3 is 14.6 Å². The molecule has 1 N–H and O–H groups in total. The van der Waals surface area contributed by atoms with Gasteiger partial charge in [0, 0.05) is 18.3 Å². The predicted molar refractivity (Wildman–Crippen MR) is 80.5 cm³/mol. The Bertz CT molecular complexity index is 587. The van der Waals surface area contributed by atoms with Crippen LogP contribution in [0.1, 0.15) is 26.3 Å². The van der Waals surface area contributed by atoms with Crippen molar-refractivity contribution >= 4 is 16.9 Å². The van der Waals surface area contributed by atoms with Gasteiger partial charge in [-0.15, -0.1) is 0 Å². The second-order valence-electron chi connectivity index (χ2n) is 5.16. The smallest absolute Gasteiger partial charge is 0.326 e. The van der Waals surface area contributed by atoms with Gasteiger partial charge in [0.15, 0.2) is 0 Å². The van der Waals surface area contributed by atoms with Crippen LogP contribution in [-0.4, -0.2) is 23.2 Å². The summed E-state index contributed by atoms with van der Waals surface area (Å²) in [6, 6.07) is 8.35. The van der Waals surface area contributed by atoms with Gasteiger partial charge in [-0.2, -0.15) is 0 Å². The number of fused-ring (bicyclic) bond motifs is 1. The summed E-state index contributed by atoms with van der Waals surface area (Å²) in [6.45, 7) is 7.85. The third kappa shape index (κ3) is 3.61. The molecular formula is C16H22N2O2. The zero-order valence-electron chi connectivity index (χ0n) is 12.3. The molecule has 1 aromatic carbocycles. The van der Waals surface area contributed by atoms with Crippen LogP contribution in [0.25, 0.3) is 10.9 Å². The van der Waals surface area contributed by atoms with E-state index in [0.717, 1.165) is 24.0 Å². The second kappa shape index (κ2) is 6.57. The summed E-state index contributed by atoms with van der Waals surface area (Å²) >= 11 is 0. The lowest BCUT2D eigenvalue weighted by atomic mass is 10.1. The molecule has 4 nitrogen and oxygen atoms in total. The maximum absolute atomic E-state index is 11.8. The van der Waals surface area contributed by atoms with Crippen LogP contribution in [0.4, 0.5) is 0 Å². The van der Waals surface area contributed by atoms with Crippen LogP contribution in [0.2, 0.25) is 0 Å². The Morgan fingerprint density at radius 3 is 2.85 bits per heavy atom. The Morgan fingerprint density at radius 2 is 2.15 bits per heavy atom. The zero-order valence-corrected chi connectivity index (χ0v) is 12.3. The molecule has 1 heterocycles. The number of ether oxygens (including phenoxy) is 1. The van der Waals surface area contributed by atoms with E-state index < -0.39 is 0 Å². The number of aromatic nitrogens is 1. The minimum Gasteiger partial charge on any atom is -0.462 e. The lowest BCUT2D eigenvalue weighted by Crippen LogP contribution is -2.17. The molecule has 0 unspecified atom stereocenters. The van der Waals surface area contributed by atoms with E-state index in [2.05, 4.69) is 30.4 Å². The molecule has 0 spiro atoms. The van der Waals surface area contributed by atoms with E-state index in [1.807, 2.05) is 30.7 Å². The summed E-state index contributed by atoms with van der Waals surface area (Å²) in [6.07, 6.45) is 1.86. The highest BCUT2D eigenvalue weighted by Gasteiger charge is 2.09. The molecule has 0 amide bonds. The number of esters is 1. The van der Waals surface area contributed by atoms with E-state index in [9.17, 15) is 4.79 Å². The van der Waals surface area contributed by atoms with Gasteiger partial charge in [-0.05, 0) is 43.5 Å². The molecule has 2 rings (SSSR count). The molecule has 108 valence electrons. The van der Waals surface area contributed by atoms with E-state index in [0.29, 0.717) is 0 Å². The predicted octanol–water partition coefficient (Wildman–Crippen LogP) is 2.70. The quantitative estimate of drug-likeness (QED) is 0.824. The molecule has 0 saturated heterocycles. The number of rotatable bonds is 6. The van der Waals surface area contributed by atoms with Crippen LogP contribution >= 0.6 is 0 Å². The molecule has 0 fully saturated rings. The monoisotopic (exact) mass is 274 g/mol. The van der Waals surface area contributed by atoms with Crippen LogP contribution in [-0.2, 0) is 22.6 Å². The number of nitrogens with zero attached hydrogens (tertiary/aromatic N) is 1. The van der Waals surface area contributed by atoms with Crippen molar-refractivity contribution in [2.45, 2.75) is 40.0 Å². The first-order valence-electron chi connectivity index (χ1n) is 7.08. The van der Waals surface area contributed by atoms with Gasteiger partial charge in [-0.25, -0.2) is 0 Å². The first kappa shape index (κ1) is 14.6. The van der Waals surface area contributed by atoms with E-state index in [4.69, 9.17) is 4.74 Å². The van der Waals surface area contributed by atoms with Crippen LogP contribution in [0.3, 0.4) is 0 Å². The maximum atomic E-state index is 11.8. The number of hydrogen-bond acceptors (Lipinski definition) is 3. The Kier molecular flexibility index (Phi) is 4.79. The van der Waals surface area contributed by atoms with E-state index >= 15 is 0 Å². The molecule has 1 aromatic heterocycles. The Balaban J connectivity index is 2.18. The molecule has 0 aliphatic carbocycles. The fraction of sp³-hybridized carbons (Fsp3) is 0.438. The topological polar surface area (TPSA) is 43.3 Å². The maximum Gasteiger partial charge on any atom is 0.326 e. The van der Waals surface area contributed by atoms with Crippen molar-refractivity contribution in [3.8, 4) is 0 Å². The summed E-state index contributed by atoms with van der Waals surface area (Å²) in [5.74, 6) is -0.199. The highest BCUT2D eigenvalue weighted by molar-refractivity contribution is 5.82. The third-order valence-electron chi connectivity index (χ3n) is 3.08.